The number of hydrogen-bond acceptors (Lipinski definition) is 4. The number of rotatable bonds is 3. The fourth-order valence-corrected chi connectivity index (χ4v) is 2.34. The van der Waals surface area contributed by atoms with E-state index in [-0.39, 0.29) is 13.0 Å². The molecule has 1 N–H and O–H groups in total. The normalized spacial score (nSPS) is 9.41. The number of nitrogens with one attached hydrogen (secondary N) is 1. The summed E-state index contributed by atoms with van der Waals surface area (Å²) in [6.45, 7) is 9.69. The first-order valence-electron chi connectivity index (χ1n) is 9.07. The zero-order valence-electron chi connectivity index (χ0n) is 16.8. The van der Waals surface area contributed by atoms with Gasteiger partial charge in [0.05, 0.1) is 12.7 Å². The molecule has 0 atom stereocenters. The van der Waals surface area contributed by atoms with Crippen LogP contribution < -0.4 is 15.7 Å². The van der Waals surface area contributed by atoms with E-state index in [0.717, 1.165) is 5.39 Å². The van der Waals surface area contributed by atoms with Gasteiger partial charge in [-0.2, -0.15) is 0 Å². The number of fused-ring (bicyclic) bond motifs is 1. The van der Waals surface area contributed by atoms with Crippen molar-refractivity contribution in [3.05, 3.63) is 70.1 Å². The van der Waals surface area contributed by atoms with Crippen LogP contribution in [0.3, 0.4) is 0 Å². The van der Waals surface area contributed by atoms with Gasteiger partial charge in [0.1, 0.15) is 11.3 Å². The molecule has 0 bridgehead atoms. The van der Waals surface area contributed by atoms with Gasteiger partial charge in [-0.25, -0.2) is 4.79 Å². The highest BCUT2D eigenvalue weighted by Gasteiger charge is 2.12. The third kappa shape index (κ3) is 5.45. The standard InChI is InChI=1S/C18H15NO4.2C2H6.H2/c1-11-9-12-10-13(7-8-15(12)23-18(11)21)19-17(20)14-5-3-4-6-16(14)22-2;2*1-2;/h3-10H,1-2H3,(H,19,20);2*1-2H3;1H. The van der Waals surface area contributed by atoms with Crippen LogP contribution in [0.5, 0.6) is 5.75 Å². The second-order valence-corrected chi connectivity index (χ2v) is 5.12. The highest BCUT2D eigenvalue weighted by molar-refractivity contribution is 6.06. The Bertz CT molecular complexity index is 951. The summed E-state index contributed by atoms with van der Waals surface area (Å²) in [5.74, 6) is 0.239. The van der Waals surface area contributed by atoms with Crippen LogP contribution in [-0.4, -0.2) is 13.0 Å². The number of ether oxygens (including phenoxy) is 1. The summed E-state index contributed by atoms with van der Waals surface area (Å²) in [7, 11) is 1.52. The average molecular weight is 371 g/mol. The smallest absolute Gasteiger partial charge is 0.339 e. The minimum atomic E-state index is -0.358. The van der Waals surface area contributed by atoms with Gasteiger partial charge >= 0.3 is 5.63 Å². The summed E-state index contributed by atoms with van der Waals surface area (Å²) in [5, 5.41) is 3.57. The third-order valence-electron chi connectivity index (χ3n) is 3.52. The summed E-state index contributed by atoms with van der Waals surface area (Å²) >= 11 is 0. The molecule has 1 heterocycles. The Balaban J connectivity index is 0.00000137. The SMILES string of the molecule is CC.CC.COc1ccccc1C(=O)Nc1ccc2oc(=O)c(C)cc2c1.[HH]. The summed E-state index contributed by atoms with van der Waals surface area (Å²) in [5.41, 5.74) is 1.71. The van der Waals surface area contributed by atoms with E-state index in [0.29, 0.717) is 28.1 Å². The largest absolute Gasteiger partial charge is 0.496 e. The maximum absolute atomic E-state index is 12.4. The van der Waals surface area contributed by atoms with Crippen LogP contribution in [0.4, 0.5) is 5.69 Å². The van der Waals surface area contributed by atoms with Gasteiger partial charge in [-0.1, -0.05) is 39.8 Å². The molecule has 0 fully saturated rings. The lowest BCUT2D eigenvalue weighted by atomic mass is 10.1. The van der Waals surface area contributed by atoms with E-state index < -0.39 is 0 Å². The number of hydrogen-bond donors (Lipinski definition) is 1. The molecular weight excluding hydrogens is 342 g/mol. The van der Waals surface area contributed by atoms with Crippen molar-refractivity contribution in [2.24, 2.45) is 0 Å². The second kappa shape index (κ2) is 10.8. The van der Waals surface area contributed by atoms with E-state index >= 15 is 0 Å². The average Bonchev–Trinajstić information content (AvgIpc) is 2.72. The minimum Gasteiger partial charge on any atom is -0.496 e. The molecule has 0 aliphatic carbocycles. The number of carbonyl (C=O) groups is 1. The molecule has 0 spiro atoms. The van der Waals surface area contributed by atoms with Crippen molar-refractivity contribution in [3.8, 4) is 5.75 Å². The Labute approximate surface area is 161 Å². The van der Waals surface area contributed by atoms with E-state index in [1.54, 1.807) is 55.5 Å². The van der Waals surface area contributed by atoms with Gasteiger partial charge in [0.2, 0.25) is 0 Å². The Morgan fingerprint density at radius 1 is 1.04 bits per heavy atom. The van der Waals surface area contributed by atoms with Crippen molar-refractivity contribution in [1.82, 2.24) is 0 Å². The molecule has 0 saturated heterocycles. The van der Waals surface area contributed by atoms with Crippen LogP contribution >= 0.6 is 0 Å². The molecule has 0 aliphatic heterocycles. The Morgan fingerprint density at radius 2 is 1.70 bits per heavy atom. The highest BCUT2D eigenvalue weighted by atomic mass is 16.5. The van der Waals surface area contributed by atoms with Crippen molar-refractivity contribution >= 4 is 22.6 Å². The number of carbonyl (C=O) groups excluding carboxylic acids is 1. The van der Waals surface area contributed by atoms with Crippen LogP contribution in [0.1, 0.15) is 45.0 Å². The lowest BCUT2D eigenvalue weighted by Gasteiger charge is -2.09. The number of anilines is 1. The van der Waals surface area contributed by atoms with Crippen LogP contribution in [-0.2, 0) is 0 Å². The third-order valence-corrected chi connectivity index (χ3v) is 3.52. The maximum atomic E-state index is 12.4. The molecule has 0 unspecified atom stereocenters. The molecule has 3 rings (SSSR count). The van der Waals surface area contributed by atoms with Crippen molar-refractivity contribution in [1.29, 1.82) is 0 Å². The van der Waals surface area contributed by atoms with Crippen molar-refractivity contribution in [2.45, 2.75) is 34.6 Å². The number of para-hydroxylation sites is 1. The highest BCUT2D eigenvalue weighted by Crippen LogP contribution is 2.22. The summed E-state index contributed by atoms with van der Waals surface area (Å²) in [4.78, 5) is 23.9. The van der Waals surface area contributed by atoms with Gasteiger partial charge < -0.3 is 14.5 Å². The first-order valence-corrected chi connectivity index (χ1v) is 9.07. The maximum Gasteiger partial charge on any atom is 0.339 e. The first-order chi connectivity index (χ1) is 13.1. The van der Waals surface area contributed by atoms with Crippen LogP contribution in [0.2, 0.25) is 0 Å². The number of methoxy groups -OCH3 is 1. The lowest BCUT2D eigenvalue weighted by molar-refractivity contribution is 0.102. The van der Waals surface area contributed by atoms with E-state index in [1.165, 1.54) is 7.11 Å². The Hall–Kier alpha value is -3.08. The van der Waals surface area contributed by atoms with Gasteiger partial charge in [0, 0.05) is 18.1 Å². The van der Waals surface area contributed by atoms with E-state index in [9.17, 15) is 9.59 Å². The van der Waals surface area contributed by atoms with Gasteiger partial charge in [-0.3, -0.25) is 4.79 Å². The molecule has 3 aromatic rings. The van der Waals surface area contributed by atoms with Gasteiger partial charge in [-0.05, 0) is 43.3 Å². The van der Waals surface area contributed by atoms with E-state index in [2.05, 4.69) is 5.32 Å². The zero-order valence-corrected chi connectivity index (χ0v) is 16.8. The molecule has 2 aromatic carbocycles. The predicted octanol–water partition coefficient (Wildman–Crippen LogP) is 5.66. The Morgan fingerprint density at radius 3 is 2.37 bits per heavy atom. The van der Waals surface area contributed by atoms with Gasteiger partial charge in [0.15, 0.2) is 0 Å². The van der Waals surface area contributed by atoms with Gasteiger partial charge in [0.25, 0.3) is 5.91 Å². The van der Waals surface area contributed by atoms with Crippen molar-refractivity contribution < 1.29 is 15.4 Å². The molecule has 27 heavy (non-hydrogen) atoms. The predicted molar refractivity (Wildman–Crippen MR) is 113 cm³/mol. The molecule has 0 radical (unpaired) electrons. The molecule has 5 nitrogen and oxygen atoms in total. The van der Waals surface area contributed by atoms with E-state index in [4.69, 9.17) is 9.15 Å². The summed E-state index contributed by atoms with van der Waals surface area (Å²) in [6.07, 6.45) is 0. The second-order valence-electron chi connectivity index (χ2n) is 5.12. The van der Waals surface area contributed by atoms with Crippen LogP contribution in [0, 0.1) is 6.92 Å². The molecule has 1 aromatic heterocycles. The monoisotopic (exact) mass is 371 g/mol. The molecule has 5 heteroatoms. The number of aryl methyl sites for hydroxylation is 1. The fraction of sp³-hybridized carbons (Fsp3) is 0.273. The molecule has 0 saturated carbocycles. The molecule has 1 amide bonds. The number of amides is 1. The minimum absolute atomic E-state index is 0. The van der Waals surface area contributed by atoms with Crippen LogP contribution in [0.15, 0.2) is 57.7 Å². The molecule has 146 valence electrons. The fourth-order valence-electron chi connectivity index (χ4n) is 2.34. The van der Waals surface area contributed by atoms with Crippen molar-refractivity contribution in [3.63, 3.8) is 0 Å². The van der Waals surface area contributed by atoms with Crippen LogP contribution in [0.25, 0.3) is 11.0 Å². The summed E-state index contributed by atoms with van der Waals surface area (Å²) < 4.78 is 10.4. The quantitative estimate of drug-likeness (QED) is 0.603. The zero-order chi connectivity index (χ0) is 20.4. The van der Waals surface area contributed by atoms with Crippen molar-refractivity contribution in [2.75, 3.05) is 12.4 Å². The Kier molecular flexibility index (Phi) is 8.79. The summed E-state index contributed by atoms with van der Waals surface area (Å²) in [6, 6.07) is 13.8. The van der Waals surface area contributed by atoms with Gasteiger partial charge in [-0.15, -0.1) is 0 Å². The first kappa shape index (κ1) is 22.0. The molecular formula is C22H29NO4. The van der Waals surface area contributed by atoms with E-state index in [1.807, 2.05) is 27.7 Å². The topological polar surface area (TPSA) is 68.5 Å². The number of benzene rings is 2. The molecule has 0 aliphatic rings. The lowest BCUT2D eigenvalue weighted by Crippen LogP contribution is -2.13.